The number of aryl methyl sites for hydroxylation is 3. The molecule has 5 heteroatoms. The van der Waals surface area contributed by atoms with Crippen molar-refractivity contribution in [3.63, 3.8) is 0 Å². The highest BCUT2D eigenvalue weighted by atomic mass is 79.9. The lowest BCUT2D eigenvalue weighted by atomic mass is 10.0. The first-order valence-electron chi connectivity index (χ1n) is 5.37. The number of pyridine rings is 1. The minimum Gasteiger partial charge on any atom is -0.318 e. The van der Waals surface area contributed by atoms with E-state index in [1.54, 1.807) is 10.9 Å². The molecule has 1 unspecified atom stereocenters. The fraction of sp³-hybridized carbons (Fsp3) is 0.333. The van der Waals surface area contributed by atoms with Crippen molar-refractivity contribution in [2.24, 2.45) is 12.8 Å². The number of aromatic nitrogens is 3. The maximum Gasteiger partial charge on any atom is 0.0911 e. The summed E-state index contributed by atoms with van der Waals surface area (Å²) in [6.07, 6.45) is 3.59. The SMILES string of the molecule is Cc1cnc(C(N)c2c(Br)cnn2C)c(C)c1. The Kier molecular flexibility index (Phi) is 3.31. The minimum absolute atomic E-state index is 0.266. The van der Waals surface area contributed by atoms with Gasteiger partial charge in [-0.15, -0.1) is 0 Å². The molecular formula is C12H15BrN4. The van der Waals surface area contributed by atoms with E-state index in [0.29, 0.717) is 0 Å². The molecule has 4 nitrogen and oxygen atoms in total. The van der Waals surface area contributed by atoms with E-state index in [1.807, 2.05) is 27.1 Å². The highest BCUT2D eigenvalue weighted by Gasteiger charge is 2.19. The van der Waals surface area contributed by atoms with E-state index in [1.165, 1.54) is 0 Å². The largest absolute Gasteiger partial charge is 0.318 e. The fourth-order valence-electron chi connectivity index (χ4n) is 1.95. The second-order valence-corrected chi connectivity index (χ2v) is 5.05. The summed E-state index contributed by atoms with van der Waals surface area (Å²) in [5, 5.41) is 4.17. The Morgan fingerprint density at radius 3 is 2.59 bits per heavy atom. The van der Waals surface area contributed by atoms with Gasteiger partial charge in [0, 0.05) is 13.2 Å². The van der Waals surface area contributed by atoms with Crippen molar-refractivity contribution in [1.82, 2.24) is 14.8 Å². The highest BCUT2D eigenvalue weighted by molar-refractivity contribution is 9.10. The van der Waals surface area contributed by atoms with Crippen LogP contribution in [0.15, 0.2) is 22.9 Å². The van der Waals surface area contributed by atoms with Gasteiger partial charge in [-0.05, 0) is 40.9 Å². The first-order valence-corrected chi connectivity index (χ1v) is 6.16. The lowest BCUT2D eigenvalue weighted by molar-refractivity contribution is 0.659. The summed E-state index contributed by atoms with van der Waals surface area (Å²) in [4.78, 5) is 4.43. The molecule has 0 amide bonds. The standard InChI is InChI=1S/C12H15BrN4/c1-7-4-8(2)11(15-5-7)10(14)12-9(13)6-16-17(12)3/h4-6,10H,14H2,1-3H3. The molecule has 0 bridgehead atoms. The van der Waals surface area contributed by atoms with Crippen LogP contribution >= 0.6 is 15.9 Å². The quantitative estimate of drug-likeness (QED) is 0.924. The highest BCUT2D eigenvalue weighted by Crippen LogP contribution is 2.26. The van der Waals surface area contributed by atoms with Crippen molar-refractivity contribution in [2.75, 3.05) is 0 Å². The topological polar surface area (TPSA) is 56.7 Å². The Bertz CT molecular complexity index is 528. The zero-order valence-electron chi connectivity index (χ0n) is 10.1. The molecule has 2 aromatic rings. The maximum absolute atomic E-state index is 6.26. The third kappa shape index (κ3) is 2.25. The molecule has 0 spiro atoms. The predicted octanol–water partition coefficient (Wildman–Crippen LogP) is 2.24. The van der Waals surface area contributed by atoms with Crippen molar-refractivity contribution >= 4 is 15.9 Å². The molecule has 2 aromatic heterocycles. The van der Waals surface area contributed by atoms with Gasteiger partial charge in [0.1, 0.15) is 0 Å². The monoisotopic (exact) mass is 294 g/mol. The van der Waals surface area contributed by atoms with Crippen LogP contribution in [-0.2, 0) is 7.05 Å². The number of hydrogen-bond donors (Lipinski definition) is 1. The fourth-order valence-corrected chi connectivity index (χ4v) is 2.55. The second kappa shape index (κ2) is 4.58. The van der Waals surface area contributed by atoms with E-state index < -0.39 is 0 Å². The molecule has 0 aliphatic rings. The molecule has 2 heterocycles. The van der Waals surface area contributed by atoms with Crippen LogP contribution in [0.2, 0.25) is 0 Å². The van der Waals surface area contributed by atoms with E-state index in [4.69, 9.17) is 5.73 Å². The van der Waals surface area contributed by atoms with E-state index >= 15 is 0 Å². The Hall–Kier alpha value is -1.20. The number of nitrogens with zero attached hydrogens (tertiary/aromatic N) is 3. The van der Waals surface area contributed by atoms with Crippen molar-refractivity contribution in [3.05, 3.63) is 45.4 Å². The van der Waals surface area contributed by atoms with Crippen LogP contribution in [0.5, 0.6) is 0 Å². The van der Waals surface area contributed by atoms with Gasteiger partial charge in [-0.3, -0.25) is 9.67 Å². The van der Waals surface area contributed by atoms with Gasteiger partial charge >= 0.3 is 0 Å². The van der Waals surface area contributed by atoms with Gasteiger partial charge in [0.05, 0.1) is 28.1 Å². The molecule has 2 N–H and O–H groups in total. The Morgan fingerprint density at radius 2 is 2.06 bits per heavy atom. The molecule has 0 saturated heterocycles. The first-order chi connectivity index (χ1) is 8.00. The molecule has 0 aliphatic heterocycles. The molecule has 2 rings (SSSR count). The maximum atomic E-state index is 6.26. The lowest BCUT2D eigenvalue weighted by Crippen LogP contribution is -2.19. The third-order valence-corrected chi connectivity index (χ3v) is 3.39. The van der Waals surface area contributed by atoms with Crippen LogP contribution in [-0.4, -0.2) is 14.8 Å². The summed E-state index contributed by atoms with van der Waals surface area (Å²) in [6, 6.07) is 1.82. The van der Waals surface area contributed by atoms with Crippen molar-refractivity contribution in [2.45, 2.75) is 19.9 Å². The van der Waals surface area contributed by atoms with Gasteiger partial charge in [-0.1, -0.05) is 6.07 Å². The Morgan fingerprint density at radius 1 is 1.35 bits per heavy atom. The smallest absolute Gasteiger partial charge is 0.0911 e. The minimum atomic E-state index is -0.266. The molecule has 0 fully saturated rings. The summed E-state index contributed by atoms with van der Waals surface area (Å²) in [5.74, 6) is 0. The summed E-state index contributed by atoms with van der Waals surface area (Å²) in [7, 11) is 1.88. The first kappa shape index (κ1) is 12.3. The van der Waals surface area contributed by atoms with Gasteiger partial charge < -0.3 is 5.73 Å². The number of nitrogens with two attached hydrogens (primary N) is 1. The van der Waals surface area contributed by atoms with Crippen LogP contribution in [0, 0.1) is 13.8 Å². The predicted molar refractivity (Wildman–Crippen MR) is 70.6 cm³/mol. The molecule has 0 aromatic carbocycles. The average molecular weight is 295 g/mol. The van der Waals surface area contributed by atoms with Crippen LogP contribution in [0.4, 0.5) is 0 Å². The van der Waals surface area contributed by atoms with Crippen molar-refractivity contribution in [3.8, 4) is 0 Å². The van der Waals surface area contributed by atoms with Crippen LogP contribution < -0.4 is 5.73 Å². The summed E-state index contributed by atoms with van der Waals surface area (Å²) in [6.45, 7) is 4.05. The van der Waals surface area contributed by atoms with Crippen LogP contribution in [0.25, 0.3) is 0 Å². The number of rotatable bonds is 2. The molecule has 1 atom stereocenters. The molecule has 17 heavy (non-hydrogen) atoms. The molecular weight excluding hydrogens is 280 g/mol. The summed E-state index contributed by atoms with van der Waals surface area (Å²) >= 11 is 3.46. The Balaban J connectivity index is 2.47. The zero-order chi connectivity index (χ0) is 12.6. The lowest BCUT2D eigenvalue weighted by Gasteiger charge is -2.15. The molecule has 0 saturated carbocycles. The molecule has 0 radical (unpaired) electrons. The summed E-state index contributed by atoms with van der Waals surface area (Å²) in [5.41, 5.74) is 10.3. The molecule has 0 aliphatic carbocycles. The van der Waals surface area contributed by atoms with E-state index in [9.17, 15) is 0 Å². The summed E-state index contributed by atoms with van der Waals surface area (Å²) < 4.78 is 2.68. The van der Waals surface area contributed by atoms with Crippen LogP contribution in [0.1, 0.15) is 28.6 Å². The van der Waals surface area contributed by atoms with Gasteiger partial charge in [0.15, 0.2) is 0 Å². The van der Waals surface area contributed by atoms with Crippen molar-refractivity contribution in [1.29, 1.82) is 0 Å². The average Bonchev–Trinajstić information content (AvgIpc) is 2.58. The number of halogens is 1. The van der Waals surface area contributed by atoms with Crippen molar-refractivity contribution < 1.29 is 0 Å². The second-order valence-electron chi connectivity index (χ2n) is 4.19. The van der Waals surface area contributed by atoms with Crippen LogP contribution in [0.3, 0.4) is 0 Å². The number of hydrogen-bond acceptors (Lipinski definition) is 3. The van der Waals surface area contributed by atoms with Gasteiger partial charge in [-0.25, -0.2) is 0 Å². The normalized spacial score (nSPS) is 12.8. The third-order valence-electron chi connectivity index (χ3n) is 2.78. The van der Waals surface area contributed by atoms with E-state index in [-0.39, 0.29) is 6.04 Å². The molecule has 90 valence electrons. The van der Waals surface area contributed by atoms with Gasteiger partial charge in [0.25, 0.3) is 0 Å². The van der Waals surface area contributed by atoms with Gasteiger partial charge in [0.2, 0.25) is 0 Å². The van der Waals surface area contributed by atoms with E-state index in [2.05, 4.69) is 32.1 Å². The van der Waals surface area contributed by atoms with E-state index in [0.717, 1.165) is 27.0 Å². The Labute approximate surface area is 109 Å². The zero-order valence-corrected chi connectivity index (χ0v) is 11.7. The van der Waals surface area contributed by atoms with Gasteiger partial charge in [-0.2, -0.15) is 5.10 Å².